The first-order chi connectivity index (χ1) is 12.0. The molecular weight excluding hydrogens is 314 g/mol. The molecule has 0 radical (unpaired) electrons. The molecule has 2 aromatic rings. The van der Waals surface area contributed by atoms with E-state index in [4.69, 9.17) is 0 Å². The third kappa shape index (κ3) is 2.87. The van der Waals surface area contributed by atoms with E-state index in [2.05, 4.69) is 52.3 Å². The van der Waals surface area contributed by atoms with Crippen LogP contribution in [0.25, 0.3) is 0 Å². The molecule has 25 heavy (non-hydrogen) atoms. The number of hydrogen-bond donors (Lipinski definition) is 1. The second-order valence-corrected chi connectivity index (χ2v) is 7.83. The van der Waals surface area contributed by atoms with E-state index in [9.17, 15) is 4.79 Å². The number of rotatable bonds is 4. The summed E-state index contributed by atoms with van der Waals surface area (Å²) in [6.45, 7) is 9.19. The van der Waals surface area contributed by atoms with Crippen LogP contribution in [0.4, 0.5) is 0 Å². The Morgan fingerprint density at radius 2 is 2.00 bits per heavy atom. The number of fused-ring (bicyclic) bond motifs is 1. The van der Waals surface area contributed by atoms with Gasteiger partial charge in [0.2, 0.25) is 0 Å². The number of carbonyl (C=O) groups excluding carboxylic acids is 1. The molecule has 0 saturated heterocycles. The quantitative estimate of drug-likeness (QED) is 0.930. The van der Waals surface area contributed by atoms with Crippen LogP contribution in [0.15, 0.2) is 6.07 Å². The summed E-state index contributed by atoms with van der Waals surface area (Å²) in [5.74, 6) is 2.45. The van der Waals surface area contributed by atoms with E-state index < -0.39 is 0 Å². The molecule has 0 bridgehead atoms. The first-order valence-electron chi connectivity index (χ1n) is 9.37. The fraction of sp³-hybridized carbons (Fsp3) is 0.632. The summed E-state index contributed by atoms with van der Waals surface area (Å²) in [4.78, 5) is 12.8. The van der Waals surface area contributed by atoms with Crippen molar-refractivity contribution in [1.82, 2.24) is 24.6 Å². The summed E-state index contributed by atoms with van der Waals surface area (Å²) in [5.41, 5.74) is 3.11. The van der Waals surface area contributed by atoms with Gasteiger partial charge in [0.1, 0.15) is 11.6 Å². The van der Waals surface area contributed by atoms with Crippen molar-refractivity contribution in [2.45, 2.75) is 77.9 Å². The summed E-state index contributed by atoms with van der Waals surface area (Å²) in [6.07, 6.45) is 4.25. The average molecular weight is 341 g/mol. The summed E-state index contributed by atoms with van der Waals surface area (Å²) in [7, 11) is 0. The van der Waals surface area contributed by atoms with Gasteiger partial charge in [-0.1, -0.05) is 13.8 Å². The number of hydrogen-bond acceptors (Lipinski definition) is 3. The van der Waals surface area contributed by atoms with E-state index >= 15 is 0 Å². The van der Waals surface area contributed by atoms with E-state index in [-0.39, 0.29) is 11.9 Å². The van der Waals surface area contributed by atoms with Crippen LogP contribution >= 0.6 is 0 Å². The molecule has 2 aliphatic rings. The first kappa shape index (κ1) is 16.4. The summed E-state index contributed by atoms with van der Waals surface area (Å²) < 4.78 is 4.51. The number of aromatic nitrogens is 4. The summed E-state index contributed by atoms with van der Waals surface area (Å²) >= 11 is 0. The molecule has 1 aliphatic carbocycles. The topological polar surface area (TPSA) is 64.7 Å². The van der Waals surface area contributed by atoms with Crippen molar-refractivity contribution in [1.29, 1.82) is 0 Å². The highest BCUT2D eigenvalue weighted by Crippen LogP contribution is 2.38. The monoisotopic (exact) mass is 341 g/mol. The van der Waals surface area contributed by atoms with Crippen LogP contribution in [0.3, 0.4) is 0 Å². The van der Waals surface area contributed by atoms with E-state index in [1.165, 1.54) is 18.5 Å². The van der Waals surface area contributed by atoms with Gasteiger partial charge in [-0.15, -0.1) is 10.2 Å². The zero-order chi connectivity index (χ0) is 17.7. The van der Waals surface area contributed by atoms with E-state index in [1.807, 2.05) is 6.07 Å². The molecule has 1 saturated carbocycles. The minimum atomic E-state index is 0.0487. The fourth-order valence-electron chi connectivity index (χ4n) is 4.06. The van der Waals surface area contributed by atoms with Gasteiger partial charge in [0.15, 0.2) is 0 Å². The van der Waals surface area contributed by atoms with Crippen molar-refractivity contribution in [3.05, 3.63) is 34.7 Å². The van der Waals surface area contributed by atoms with Crippen LogP contribution in [0.5, 0.6) is 0 Å². The Balaban J connectivity index is 1.50. The van der Waals surface area contributed by atoms with Crippen LogP contribution in [-0.2, 0) is 13.0 Å². The number of nitrogens with zero attached hydrogens (tertiary/aromatic N) is 4. The number of nitrogens with one attached hydrogen (secondary N) is 1. The zero-order valence-electron chi connectivity index (χ0n) is 15.5. The lowest BCUT2D eigenvalue weighted by Gasteiger charge is -2.26. The van der Waals surface area contributed by atoms with Gasteiger partial charge in [-0.05, 0) is 39.2 Å². The van der Waals surface area contributed by atoms with Gasteiger partial charge >= 0.3 is 0 Å². The predicted molar refractivity (Wildman–Crippen MR) is 95.9 cm³/mol. The lowest BCUT2D eigenvalue weighted by Crippen LogP contribution is -2.41. The van der Waals surface area contributed by atoms with Crippen molar-refractivity contribution < 1.29 is 4.79 Å². The van der Waals surface area contributed by atoms with Crippen LogP contribution < -0.4 is 5.32 Å². The van der Waals surface area contributed by atoms with Crippen LogP contribution in [0, 0.1) is 13.8 Å². The lowest BCUT2D eigenvalue weighted by atomic mass is 10.1. The van der Waals surface area contributed by atoms with Crippen molar-refractivity contribution in [2.24, 2.45) is 0 Å². The molecule has 1 aliphatic heterocycles. The largest absolute Gasteiger partial charge is 0.347 e. The molecule has 0 spiro atoms. The molecule has 0 aromatic carbocycles. The predicted octanol–water partition coefficient (Wildman–Crippen LogP) is 2.90. The van der Waals surface area contributed by atoms with Gasteiger partial charge in [0, 0.05) is 42.4 Å². The highest BCUT2D eigenvalue weighted by atomic mass is 16.1. The minimum Gasteiger partial charge on any atom is -0.347 e. The van der Waals surface area contributed by atoms with Crippen molar-refractivity contribution in [3.8, 4) is 0 Å². The van der Waals surface area contributed by atoms with Crippen LogP contribution in [0.2, 0.25) is 0 Å². The number of aryl methyl sites for hydroxylation is 2. The highest BCUT2D eigenvalue weighted by molar-refractivity contribution is 5.96. The Kier molecular flexibility index (Phi) is 3.93. The third-order valence-electron chi connectivity index (χ3n) is 5.47. The van der Waals surface area contributed by atoms with Crippen LogP contribution in [0.1, 0.15) is 78.5 Å². The maximum atomic E-state index is 12.8. The molecule has 1 N–H and O–H groups in total. The smallest absolute Gasteiger partial charge is 0.253 e. The average Bonchev–Trinajstić information content (AvgIpc) is 3.22. The molecule has 6 nitrogen and oxygen atoms in total. The van der Waals surface area contributed by atoms with Gasteiger partial charge in [-0.3, -0.25) is 4.79 Å². The summed E-state index contributed by atoms with van der Waals surface area (Å²) in [5, 5.41) is 11.9. The number of carbonyl (C=O) groups is 1. The van der Waals surface area contributed by atoms with Crippen LogP contribution in [-0.4, -0.2) is 31.3 Å². The lowest BCUT2D eigenvalue weighted by molar-refractivity contribution is 0.0926. The fourth-order valence-corrected chi connectivity index (χ4v) is 4.06. The van der Waals surface area contributed by atoms with E-state index in [1.54, 1.807) is 0 Å². The second-order valence-electron chi connectivity index (χ2n) is 7.83. The Morgan fingerprint density at radius 3 is 2.68 bits per heavy atom. The third-order valence-corrected chi connectivity index (χ3v) is 5.47. The number of amides is 1. The molecule has 0 unspecified atom stereocenters. The molecule has 4 rings (SSSR count). The van der Waals surface area contributed by atoms with Gasteiger partial charge in [-0.25, -0.2) is 0 Å². The molecule has 3 heterocycles. The Hall–Kier alpha value is -2.11. The molecule has 6 heteroatoms. The van der Waals surface area contributed by atoms with Gasteiger partial charge in [-0.2, -0.15) is 0 Å². The second kappa shape index (κ2) is 6.00. The SMILES string of the molecule is Cc1cc(C(=O)N[C@H]2CCc3nnc(C(C)C)n3C2)c(C)n1C1CC1. The molecule has 1 fully saturated rings. The molecule has 1 atom stereocenters. The van der Waals surface area contributed by atoms with Crippen molar-refractivity contribution in [3.63, 3.8) is 0 Å². The van der Waals surface area contributed by atoms with Crippen molar-refractivity contribution >= 4 is 5.91 Å². The van der Waals surface area contributed by atoms with Gasteiger partial charge in [0.25, 0.3) is 5.91 Å². The van der Waals surface area contributed by atoms with Gasteiger partial charge in [0.05, 0.1) is 5.56 Å². The molecular formula is C19H27N5O. The molecule has 1 amide bonds. The minimum absolute atomic E-state index is 0.0487. The standard InChI is InChI=1S/C19H27N5O/c1-11(2)18-22-21-17-8-5-14(10-23(17)18)20-19(25)16-9-12(3)24(13(16)4)15-6-7-15/h9,11,14-15H,5-8,10H2,1-4H3,(H,20,25)/t14-/m0/s1. The Labute approximate surface area is 148 Å². The summed E-state index contributed by atoms with van der Waals surface area (Å²) in [6, 6.07) is 2.78. The molecule has 134 valence electrons. The Bertz CT molecular complexity index is 812. The maximum absolute atomic E-state index is 12.8. The maximum Gasteiger partial charge on any atom is 0.253 e. The normalized spacial score (nSPS) is 20.0. The van der Waals surface area contributed by atoms with Gasteiger partial charge < -0.3 is 14.5 Å². The highest BCUT2D eigenvalue weighted by Gasteiger charge is 2.30. The van der Waals surface area contributed by atoms with Crippen molar-refractivity contribution in [2.75, 3.05) is 0 Å². The van der Waals surface area contributed by atoms with E-state index in [0.29, 0.717) is 12.0 Å². The first-order valence-corrected chi connectivity index (χ1v) is 9.37. The Morgan fingerprint density at radius 1 is 1.24 bits per heavy atom. The zero-order valence-corrected chi connectivity index (χ0v) is 15.5. The van der Waals surface area contributed by atoms with E-state index in [0.717, 1.165) is 42.3 Å². The molecule has 2 aromatic heterocycles.